The molecule has 3 unspecified atom stereocenters. The summed E-state index contributed by atoms with van der Waals surface area (Å²) in [6.07, 6.45) is 3.62. The van der Waals surface area contributed by atoms with Gasteiger partial charge >= 0.3 is 0 Å². The van der Waals surface area contributed by atoms with Crippen molar-refractivity contribution < 1.29 is 23.7 Å². The number of benzene rings is 2. The highest BCUT2D eigenvalue weighted by molar-refractivity contribution is 7.96. The van der Waals surface area contributed by atoms with Gasteiger partial charge in [0, 0.05) is 25.6 Å². The molecule has 5 rings (SSSR count). The first-order valence-electron chi connectivity index (χ1n) is 13.2. The first kappa shape index (κ1) is 27.3. The number of carbonyl (C=O) groups excluding carboxylic acids is 1. The number of likely N-dealkylation sites (tertiary alicyclic amines) is 1. The van der Waals surface area contributed by atoms with E-state index in [2.05, 4.69) is 33.6 Å². The SMILES string of the molecule is COc1cccc(OC)c1C(=O)N1CC(OC)C(Oc2cccc(CSN3CCCC3c3ccccn3)c2)C1. The summed E-state index contributed by atoms with van der Waals surface area (Å²) in [6.45, 7) is 1.87. The maximum Gasteiger partial charge on any atom is 0.261 e. The lowest BCUT2D eigenvalue weighted by molar-refractivity contribution is 0.0339. The van der Waals surface area contributed by atoms with E-state index >= 15 is 0 Å². The molecule has 1 amide bonds. The van der Waals surface area contributed by atoms with Gasteiger partial charge in [0.2, 0.25) is 0 Å². The number of carbonyl (C=O) groups is 1. The standard InChI is InChI=1S/C30H35N3O5S/c1-35-25-13-7-14-26(36-2)29(25)30(34)32-18-27(37-3)28(19-32)38-22-10-6-9-21(17-22)20-39-33-16-8-12-24(33)23-11-4-5-15-31-23/h4-7,9-11,13-15,17,24,27-28H,8,12,16,18-20H2,1-3H3. The molecule has 3 aromatic rings. The number of methoxy groups -OCH3 is 3. The van der Waals surface area contributed by atoms with Crippen LogP contribution in [0.2, 0.25) is 0 Å². The molecular formula is C30H35N3O5S. The van der Waals surface area contributed by atoms with Crippen molar-refractivity contribution in [3.05, 3.63) is 83.7 Å². The van der Waals surface area contributed by atoms with Crippen molar-refractivity contribution in [2.45, 2.75) is 36.8 Å². The van der Waals surface area contributed by atoms with Crippen molar-refractivity contribution in [3.63, 3.8) is 0 Å². The van der Waals surface area contributed by atoms with Crippen molar-refractivity contribution in [2.75, 3.05) is 41.0 Å². The summed E-state index contributed by atoms with van der Waals surface area (Å²) in [4.78, 5) is 19.8. The van der Waals surface area contributed by atoms with Gasteiger partial charge in [0.05, 0.1) is 39.0 Å². The summed E-state index contributed by atoms with van der Waals surface area (Å²) in [5, 5.41) is 0. The average Bonchev–Trinajstić information content (AvgIpc) is 3.63. The van der Waals surface area contributed by atoms with Crippen LogP contribution in [0.1, 0.15) is 40.5 Å². The Balaban J connectivity index is 1.23. The number of nitrogens with zero attached hydrogens (tertiary/aromatic N) is 3. The van der Waals surface area contributed by atoms with Crippen molar-refractivity contribution >= 4 is 17.9 Å². The molecule has 0 aliphatic carbocycles. The fourth-order valence-electron chi connectivity index (χ4n) is 5.27. The molecule has 206 valence electrons. The second kappa shape index (κ2) is 12.7. The number of hydrogen-bond acceptors (Lipinski definition) is 8. The van der Waals surface area contributed by atoms with Gasteiger partial charge in [-0.15, -0.1) is 0 Å². The van der Waals surface area contributed by atoms with Crippen molar-refractivity contribution in [1.82, 2.24) is 14.2 Å². The number of hydrogen-bond donors (Lipinski definition) is 0. The molecule has 1 aromatic heterocycles. The molecule has 2 aromatic carbocycles. The first-order chi connectivity index (χ1) is 19.1. The Morgan fingerprint density at radius 1 is 0.974 bits per heavy atom. The van der Waals surface area contributed by atoms with Gasteiger partial charge in [0.25, 0.3) is 5.91 Å². The van der Waals surface area contributed by atoms with E-state index in [9.17, 15) is 4.79 Å². The number of pyridine rings is 1. The average molecular weight is 550 g/mol. The zero-order chi connectivity index (χ0) is 27.2. The van der Waals surface area contributed by atoms with E-state index in [0.717, 1.165) is 30.2 Å². The molecule has 2 fully saturated rings. The Morgan fingerprint density at radius 2 is 1.74 bits per heavy atom. The Labute approximate surface area is 234 Å². The molecule has 2 saturated heterocycles. The van der Waals surface area contributed by atoms with E-state index in [1.54, 1.807) is 44.4 Å². The first-order valence-corrected chi connectivity index (χ1v) is 14.1. The van der Waals surface area contributed by atoms with E-state index in [0.29, 0.717) is 36.2 Å². The monoisotopic (exact) mass is 549 g/mol. The second-order valence-corrected chi connectivity index (χ2v) is 10.7. The van der Waals surface area contributed by atoms with E-state index in [4.69, 9.17) is 18.9 Å². The summed E-state index contributed by atoms with van der Waals surface area (Å²) in [6, 6.07) is 20.0. The number of aromatic nitrogens is 1. The van der Waals surface area contributed by atoms with Gasteiger partial charge in [-0.2, -0.15) is 0 Å². The molecule has 9 heteroatoms. The lowest BCUT2D eigenvalue weighted by Crippen LogP contribution is -2.32. The Morgan fingerprint density at radius 3 is 2.46 bits per heavy atom. The minimum absolute atomic E-state index is 0.171. The third kappa shape index (κ3) is 6.16. The molecule has 2 aliphatic rings. The minimum atomic E-state index is -0.297. The van der Waals surface area contributed by atoms with Crippen molar-refractivity contribution in [1.29, 1.82) is 0 Å². The molecule has 0 radical (unpaired) electrons. The minimum Gasteiger partial charge on any atom is -0.496 e. The van der Waals surface area contributed by atoms with Crippen molar-refractivity contribution in [2.24, 2.45) is 0 Å². The summed E-state index contributed by atoms with van der Waals surface area (Å²) in [5.74, 6) is 2.40. The van der Waals surface area contributed by atoms with Crippen LogP contribution < -0.4 is 14.2 Å². The van der Waals surface area contributed by atoms with Crippen LogP contribution in [-0.4, -0.2) is 73.3 Å². The topological polar surface area (TPSA) is 73.4 Å². The lowest BCUT2D eigenvalue weighted by Gasteiger charge is -2.23. The Hall–Kier alpha value is -3.27. The van der Waals surface area contributed by atoms with E-state index in [-0.39, 0.29) is 18.1 Å². The van der Waals surface area contributed by atoms with Crippen LogP contribution in [0, 0.1) is 0 Å². The van der Waals surface area contributed by atoms with Crippen LogP contribution in [0.25, 0.3) is 0 Å². The van der Waals surface area contributed by atoms with Gasteiger partial charge in [-0.25, -0.2) is 4.31 Å². The third-order valence-electron chi connectivity index (χ3n) is 7.26. The summed E-state index contributed by atoms with van der Waals surface area (Å²) in [5.41, 5.74) is 2.72. The zero-order valence-corrected chi connectivity index (χ0v) is 23.4. The van der Waals surface area contributed by atoms with Gasteiger partial charge in [-0.3, -0.25) is 9.78 Å². The molecule has 0 N–H and O–H groups in total. The lowest BCUT2D eigenvalue weighted by atomic mass is 10.1. The predicted octanol–water partition coefficient (Wildman–Crippen LogP) is 5.00. The molecule has 0 spiro atoms. The van der Waals surface area contributed by atoms with Crippen LogP contribution in [-0.2, 0) is 10.5 Å². The normalized spacial score (nSPS) is 21.2. The second-order valence-electron chi connectivity index (χ2n) is 9.65. The van der Waals surface area contributed by atoms with Gasteiger partial charge in [0.1, 0.15) is 35.0 Å². The van der Waals surface area contributed by atoms with Crippen LogP contribution in [0.5, 0.6) is 17.2 Å². The fourth-order valence-corrected chi connectivity index (χ4v) is 6.42. The number of ether oxygens (including phenoxy) is 4. The predicted molar refractivity (Wildman–Crippen MR) is 151 cm³/mol. The van der Waals surface area contributed by atoms with Gasteiger partial charge in [-0.05, 0) is 54.8 Å². The van der Waals surface area contributed by atoms with Crippen molar-refractivity contribution in [3.8, 4) is 17.2 Å². The van der Waals surface area contributed by atoms with Gasteiger partial charge in [-0.1, -0.05) is 36.2 Å². The zero-order valence-electron chi connectivity index (χ0n) is 22.6. The maximum absolute atomic E-state index is 13.5. The van der Waals surface area contributed by atoms with Gasteiger partial charge < -0.3 is 23.8 Å². The largest absolute Gasteiger partial charge is 0.496 e. The quantitative estimate of drug-likeness (QED) is 0.327. The highest BCUT2D eigenvalue weighted by Crippen LogP contribution is 2.37. The molecular weight excluding hydrogens is 514 g/mol. The van der Waals surface area contributed by atoms with Crippen LogP contribution in [0.3, 0.4) is 0 Å². The number of amides is 1. The molecule has 0 bridgehead atoms. The summed E-state index contributed by atoms with van der Waals surface area (Å²) < 4.78 is 25.5. The smallest absolute Gasteiger partial charge is 0.261 e. The van der Waals surface area contributed by atoms with E-state index < -0.39 is 0 Å². The van der Waals surface area contributed by atoms with Crippen LogP contribution >= 0.6 is 11.9 Å². The highest BCUT2D eigenvalue weighted by atomic mass is 32.2. The third-order valence-corrected chi connectivity index (χ3v) is 8.49. The molecule has 3 atom stereocenters. The molecule has 39 heavy (non-hydrogen) atoms. The molecule has 2 aliphatic heterocycles. The Bertz CT molecular complexity index is 1240. The maximum atomic E-state index is 13.5. The summed E-state index contributed by atoms with van der Waals surface area (Å²) in [7, 11) is 4.75. The molecule has 8 nitrogen and oxygen atoms in total. The molecule has 0 saturated carbocycles. The summed E-state index contributed by atoms with van der Waals surface area (Å²) >= 11 is 1.84. The van der Waals surface area contributed by atoms with Gasteiger partial charge in [0.15, 0.2) is 0 Å². The van der Waals surface area contributed by atoms with Crippen LogP contribution in [0.15, 0.2) is 66.9 Å². The number of rotatable bonds is 10. The Kier molecular flexibility index (Phi) is 8.91. The van der Waals surface area contributed by atoms with Crippen LogP contribution in [0.4, 0.5) is 0 Å². The fraction of sp³-hybridized carbons (Fsp3) is 0.400. The highest BCUT2D eigenvalue weighted by Gasteiger charge is 2.39. The van der Waals surface area contributed by atoms with E-state index in [1.165, 1.54) is 12.0 Å². The van der Waals surface area contributed by atoms with E-state index in [1.807, 2.05) is 36.3 Å². The molecule has 3 heterocycles.